The van der Waals surface area contributed by atoms with Crippen molar-refractivity contribution in [2.24, 2.45) is 0 Å². The minimum atomic E-state index is -0.132. The van der Waals surface area contributed by atoms with Crippen molar-refractivity contribution in [1.29, 1.82) is 0 Å². The van der Waals surface area contributed by atoms with E-state index in [1.165, 1.54) is 91.2 Å². The summed E-state index contributed by atoms with van der Waals surface area (Å²) < 4.78 is 3.84. The van der Waals surface area contributed by atoms with Crippen molar-refractivity contribution in [3.8, 4) is 28.1 Å². The van der Waals surface area contributed by atoms with Crippen molar-refractivity contribution in [1.82, 2.24) is 9.55 Å². The first-order valence-corrected chi connectivity index (χ1v) is 19.2. The predicted molar refractivity (Wildman–Crippen MR) is 227 cm³/mol. The number of benzene rings is 8. The molecule has 0 saturated heterocycles. The third-order valence-electron chi connectivity index (χ3n) is 11.9. The molecule has 3 heteroatoms. The number of aromatic nitrogens is 2. The second kappa shape index (κ2) is 10.4. The number of thiophene rings is 1. The van der Waals surface area contributed by atoms with Gasteiger partial charge in [-0.1, -0.05) is 141 Å². The quantitative estimate of drug-likeness (QED) is 0.165. The number of hydrogen-bond donors (Lipinski definition) is 0. The van der Waals surface area contributed by atoms with Gasteiger partial charge in [-0.3, -0.25) is 0 Å². The van der Waals surface area contributed by atoms with Crippen LogP contribution in [0.2, 0.25) is 0 Å². The molecular formula is C50H32N2S. The molecule has 0 aliphatic heterocycles. The Balaban J connectivity index is 1.20. The van der Waals surface area contributed by atoms with Gasteiger partial charge in [0.2, 0.25) is 0 Å². The van der Waals surface area contributed by atoms with Crippen LogP contribution in [-0.4, -0.2) is 9.55 Å². The zero-order chi connectivity index (χ0) is 35.0. The molecule has 8 aromatic carbocycles. The maximum Gasteiger partial charge on any atom is 0.109 e. The summed E-state index contributed by atoms with van der Waals surface area (Å²) in [6.07, 6.45) is 0. The van der Waals surface area contributed by atoms with Crippen LogP contribution in [0.1, 0.15) is 25.0 Å². The van der Waals surface area contributed by atoms with Crippen LogP contribution >= 0.6 is 11.3 Å². The molecule has 248 valence electrons. The number of para-hydroxylation sites is 1. The minimum absolute atomic E-state index is 0.132. The molecular weight excluding hydrogens is 661 g/mol. The second-order valence-electron chi connectivity index (χ2n) is 15.0. The maximum atomic E-state index is 5.49. The Hall–Kier alpha value is -6.29. The maximum absolute atomic E-state index is 5.49. The Morgan fingerprint density at radius 1 is 0.509 bits per heavy atom. The number of hydrogen-bond acceptors (Lipinski definition) is 2. The van der Waals surface area contributed by atoms with Gasteiger partial charge in [0, 0.05) is 53.7 Å². The van der Waals surface area contributed by atoms with Gasteiger partial charge in [0.1, 0.15) is 4.83 Å². The molecule has 0 amide bonds. The van der Waals surface area contributed by atoms with Crippen LogP contribution in [0.4, 0.5) is 0 Å². The van der Waals surface area contributed by atoms with Gasteiger partial charge in [-0.05, 0) is 74.1 Å². The highest BCUT2D eigenvalue weighted by atomic mass is 32.1. The zero-order valence-electron chi connectivity index (χ0n) is 29.3. The Kier molecular flexibility index (Phi) is 5.75. The molecule has 0 spiro atoms. The average molecular weight is 693 g/mol. The van der Waals surface area contributed by atoms with E-state index in [-0.39, 0.29) is 5.41 Å². The lowest BCUT2D eigenvalue weighted by Crippen LogP contribution is -2.15. The Morgan fingerprint density at radius 2 is 1.17 bits per heavy atom. The van der Waals surface area contributed by atoms with E-state index in [1.54, 1.807) is 0 Å². The van der Waals surface area contributed by atoms with Crippen LogP contribution in [0.25, 0.3) is 102 Å². The van der Waals surface area contributed by atoms with Gasteiger partial charge in [-0.2, -0.15) is 0 Å². The summed E-state index contributed by atoms with van der Waals surface area (Å²) in [6.45, 7) is 4.81. The molecule has 0 bridgehead atoms. The molecule has 3 aromatic heterocycles. The fraction of sp³-hybridized carbons (Fsp3) is 0.0600. The van der Waals surface area contributed by atoms with Gasteiger partial charge in [0.25, 0.3) is 0 Å². The van der Waals surface area contributed by atoms with Gasteiger partial charge in [0.05, 0.1) is 16.7 Å². The fourth-order valence-electron chi connectivity index (χ4n) is 9.73. The largest absolute Gasteiger partial charge is 0.301 e. The lowest BCUT2D eigenvalue weighted by atomic mass is 9.80. The van der Waals surface area contributed by atoms with Gasteiger partial charge in [-0.15, -0.1) is 11.3 Å². The number of rotatable bonds is 2. The van der Waals surface area contributed by atoms with Crippen molar-refractivity contribution in [3.05, 3.63) is 169 Å². The Labute approximate surface area is 310 Å². The van der Waals surface area contributed by atoms with E-state index >= 15 is 0 Å². The number of fused-ring (bicyclic) bond motifs is 17. The van der Waals surface area contributed by atoms with E-state index in [0.717, 1.165) is 22.5 Å². The molecule has 2 nitrogen and oxygen atoms in total. The summed E-state index contributed by atoms with van der Waals surface area (Å²) in [5.74, 6) is 0. The lowest BCUT2D eigenvalue weighted by molar-refractivity contribution is 0.666. The zero-order valence-corrected chi connectivity index (χ0v) is 30.1. The van der Waals surface area contributed by atoms with Crippen LogP contribution in [0.5, 0.6) is 0 Å². The minimum Gasteiger partial charge on any atom is -0.301 e. The van der Waals surface area contributed by atoms with Crippen LogP contribution in [0.3, 0.4) is 0 Å². The highest BCUT2D eigenvalue weighted by Gasteiger charge is 2.38. The summed E-state index contributed by atoms with van der Waals surface area (Å²) in [5.41, 5.74) is 11.0. The molecule has 3 heterocycles. The summed E-state index contributed by atoms with van der Waals surface area (Å²) in [7, 11) is 0. The van der Waals surface area contributed by atoms with E-state index in [4.69, 9.17) is 4.98 Å². The molecule has 0 unspecified atom stereocenters. The third-order valence-corrected chi connectivity index (χ3v) is 13.1. The normalized spacial score (nSPS) is 13.6. The molecule has 12 rings (SSSR count). The first-order chi connectivity index (χ1) is 26.1. The molecule has 1 aliphatic carbocycles. The van der Waals surface area contributed by atoms with E-state index in [9.17, 15) is 0 Å². The lowest BCUT2D eigenvalue weighted by Gasteiger charge is -2.22. The Bertz CT molecular complexity index is 3380. The second-order valence-corrected chi connectivity index (χ2v) is 16.1. The van der Waals surface area contributed by atoms with Crippen molar-refractivity contribution in [2.75, 3.05) is 0 Å². The van der Waals surface area contributed by atoms with Gasteiger partial charge < -0.3 is 4.57 Å². The highest BCUT2D eigenvalue weighted by Crippen LogP contribution is 2.55. The van der Waals surface area contributed by atoms with Gasteiger partial charge in [-0.25, -0.2) is 4.98 Å². The monoisotopic (exact) mass is 692 g/mol. The van der Waals surface area contributed by atoms with Crippen LogP contribution in [-0.2, 0) is 5.41 Å². The molecule has 53 heavy (non-hydrogen) atoms. The Morgan fingerprint density at radius 3 is 1.98 bits per heavy atom. The summed E-state index contributed by atoms with van der Waals surface area (Å²) in [5, 5.41) is 12.7. The van der Waals surface area contributed by atoms with Gasteiger partial charge >= 0.3 is 0 Å². The number of pyridine rings is 1. The molecule has 0 N–H and O–H groups in total. The molecule has 0 saturated carbocycles. The van der Waals surface area contributed by atoms with Gasteiger partial charge in [0.15, 0.2) is 0 Å². The third kappa shape index (κ3) is 3.79. The van der Waals surface area contributed by atoms with Crippen molar-refractivity contribution >= 4 is 85.8 Å². The summed E-state index contributed by atoms with van der Waals surface area (Å²) >= 11 is 1.90. The smallest absolute Gasteiger partial charge is 0.109 e. The van der Waals surface area contributed by atoms with Crippen molar-refractivity contribution in [3.63, 3.8) is 0 Å². The number of nitrogens with zero attached hydrogens (tertiary/aromatic N) is 2. The predicted octanol–water partition coefficient (Wildman–Crippen LogP) is 14.0. The summed E-state index contributed by atoms with van der Waals surface area (Å²) in [6, 6.07) is 58.1. The molecule has 0 atom stereocenters. The molecule has 0 fully saturated rings. The molecule has 0 radical (unpaired) electrons. The van der Waals surface area contributed by atoms with E-state index in [1.807, 2.05) is 11.3 Å². The fourth-order valence-corrected chi connectivity index (χ4v) is 11.0. The average Bonchev–Trinajstić information content (AvgIpc) is 3.82. The topological polar surface area (TPSA) is 17.8 Å². The first-order valence-electron chi connectivity index (χ1n) is 18.4. The first kappa shape index (κ1) is 29.3. The SMILES string of the molecule is CC1(C)c2ccccc2-c2ccc3c(c21)c1c2ccccc2sc1n3-c1cccc(-c2nc3ccccc3c3c4ccccc4c4ccccc4c23)c1. The van der Waals surface area contributed by atoms with Crippen LogP contribution < -0.4 is 0 Å². The molecule has 1 aliphatic rings. The van der Waals surface area contributed by atoms with E-state index in [2.05, 4.69) is 176 Å². The summed E-state index contributed by atoms with van der Waals surface area (Å²) in [4.78, 5) is 6.78. The van der Waals surface area contributed by atoms with E-state index < -0.39 is 0 Å². The van der Waals surface area contributed by atoms with Crippen LogP contribution in [0.15, 0.2) is 158 Å². The van der Waals surface area contributed by atoms with E-state index in [0.29, 0.717) is 0 Å². The standard InChI is InChI=1S/C50H32N2S/c1-50(2)39-23-10-7-18-33(39)36-26-27-41-46(47(36)50)45-38-22-9-12-25-42(38)53-49(45)52(41)30-15-13-14-29(28-30)48-44-35-20-6-4-17-32(35)31-16-3-5-19-34(31)43(44)37-21-8-11-24-40(37)51-48/h3-28H,1-2H3. The molecule has 11 aromatic rings. The van der Waals surface area contributed by atoms with Crippen molar-refractivity contribution < 1.29 is 0 Å². The van der Waals surface area contributed by atoms with Crippen LogP contribution in [0, 0.1) is 0 Å². The van der Waals surface area contributed by atoms with Crippen molar-refractivity contribution in [2.45, 2.75) is 19.3 Å². The highest BCUT2D eigenvalue weighted by molar-refractivity contribution is 7.25.